The average molecular weight is 495 g/mol. The highest BCUT2D eigenvalue weighted by atomic mass is 35.5. The summed E-state index contributed by atoms with van der Waals surface area (Å²) >= 11 is 13.3. The summed E-state index contributed by atoms with van der Waals surface area (Å²) in [6.07, 6.45) is 3.62. The number of rotatable bonds is 5. The van der Waals surface area contributed by atoms with E-state index in [1.54, 1.807) is 25.1 Å². The highest BCUT2D eigenvalue weighted by Gasteiger charge is 2.61. The Hall–Kier alpha value is -1.67. The summed E-state index contributed by atoms with van der Waals surface area (Å²) in [6.45, 7) is 1.57. The van der Waals surface area contributed by atoms with Crippen molar-refractivity contribution in [2.45, 2.75) is 57.2 Å². The lowest BCUT2D eigenvalue weighted by Gasteiger charge is -2.58. The van der Waals surface area contributed by atoms with E-state index in [2.05, 4.69) is 10.3 Å². The van der Waals surface area contributed by atoms with Crippen molar-refractivity contribution in [2.24, 2.45) is 17.3 Å². The highest BCUT2D eigenvalue weighted by Crippen LogP contribution is 2.62. The predicted octanol–water partition coefficient (Wildman–Crippen LogP) is 5.32. The van der Waals surface area contributed by atoms with Crippen molar-refractivity contribution in [3.63, 3.8) is 0 Å². The summed E-state index contributed by atoms with van der Waals surface area (Å²) in [7, 11) is 0. The van der Waals surface area contributed by atoms with E-state index >= 15 is 0 Å². The van der Waals surface area contributed by atoms with E-state index in [1.807, 2.05) is 5.38 Å². The van der Waals surface area contributed by atoms with Crippen molar-refractivity contribution in [1.82, 2.24) is 4.98 Å². The van der Waals surface area contributed by atoms with Crippen LogP contribution in [0.4, 0.5) is 5.13 Å². The average Bonchev–Trinajstić information content (AvgIpc) is 3.16. The molecule has 1 aromatic heterocycles. The van der Waals surface area contributed by atoms with Crippen LogP contribution in [0, 0.1) is 17.3 Å². The number of thiazole rings is 1. The Morgan fingerprint density at radius 3 is 2.59 bits per heavy atom. The van der Waals surface area contributed by atoms with Crippen LogP contribution in [0.1, 0.15) is 45.4 Å². The zero-order valence-corrected chi connectivity index (χ0v) is 19.9. The van der Waals surface area contributed by atoms with Gasteiger partial charge in [0.25, 0.3) is 5.91 Å². The Balaban J connectivity index is 1.23. The quantitative estimate of drug-likeness (QED) is 0.549. The van der Waals surface area contributed by atoms with Gasteiger partial charge in [-0.2, -0.15) is 0 Å². The van der Waals surface area contributed by atoms with E-state index in [9.17, 15) is 14.7 Å². The Morgan fingerprint density at radius 2 is 1.94 bits per heavy atom. The molecule has 32 heavy (non-hydrogen) atoms. The van der Waals surface area contributed by atoms with Gasteiger partial charge in [0, 0.05) is 10.9 Å². The van der Waals surface area contributed by atoms with Crippen LogP contribution in [-0.2, 0) is 14.3 Å². The molecule has 1 heterocycles. The number of aliphatic hydroxyl groups is 1. The van der Waals surface area contributed by atoms with E-state index in [4.69, 9.17) is 27.9 Å². The summed E-state index contributed by atoms with van der Waals surface area (Å²) in [5.41, 5.74) is 0.0390. The fourth-order valence-electron chi connectivity index (χ4n) is 6.12. The van der Waals surface area contributed by atoms with Crippen LogP contribution in [0.15, 0.2) is 23.6 Å². The van der Waals surface area contributed by atoms with E-state index < -0.39 is 23.0 Å². The molecule has 3 unspecified atom stereocenters. The number of carbonyl (C=O) groups is 2. The first-order valence-electron chi connectivity index (χ1n) is 10.8. The molecule has 1 amide bonds. The molecule has 2 aromatic rings. The van der Waals surface area contributed by atoms with Crippen LogP contribution in [-0.4, -0.2) is 33.7 Å². The smallest absolute Gasteiger partial charge is 0.312 e. The summed E-state index contributed by atoms with van der Waals surface area (Å²) in [5.74, 6) is -0.0544. The van der Waals surface area contributed by atoms with Crippen molar-refractivity contribution in [3.05, 3.63) is 33.6 Å². The standard InChI is InChI=1S/C23H24Cl2N2O4S/c1-12(31-20(29)22-6-13-4-14(7-22)9-23(30,8-13)11-22)19(28)27-21-26-18(10-32-21)15-2-3-16(24)17(25)5-15/h2-3,5,10,12-14,30H,4,6-9,11H2,1H3,(H,26,27,28). The molecule has 0 spiro atoms. The van der Waals surface area contributed by atoms with Gasteiger partial charge in [-0.3, -0.25) is 14.9 Å². The Bertz CT molecular complexity index is 1070. The molecule has 4 aliphatic carbocycles. The number of anilines is 1. The predicted molar refractivity (Wildman–Crippen MR) is 124 cm³/mol. The third-order valence-electron chi connectivity index (χ3n) is 7.07. The van der Waals surface area contributed by atoms with Gasteiger partial charge in [0.2, 0.25) is 0 Å². The molecule has 3 atom stereocenters. The Morgan fingerprint density at radius 1 is 1.22 bits per heavy atom. The molecular weight excluding hydrogens is 471 g/mol. The summed E-state index contributed by atoms with van der Waals surface area (Å²) in [5, 5.41) is 16.7. The van der Waals surface area contributed by atoms with Gasteiger partial charge >= 0.3 is 5.97 Å². The van der Waals surface area contributed by atoms with Gasteiger partial charge in [0.15, 0.2) is 11.2 Å². The lowest BCUT2D eigenvalue weighted by atomic mass is 9.48. The molecule has 6 rings (SSSR count). The second-order valence-corrected chi connectivity index (χ2v) is 11.3. The molecule has 0 saturated heterocycles. The second-order valence-electron chi connectivity index (χ2n) is 9.67. The topological polar surface area (TPSA) is 88.5 Å². The van der Waals surface area contributed by atoms with E-state index in [-0.39, 0.29) is 5.97 Å². The van der Waals surface area contributed by atoms with Crippen LogP contribution >= 0.6 is 34.5 Å². The maximum absolute atomic E-state index is 13.1. The number of halogens is 2. The zero-order valence-electron chi connectivity index (χ0n) is 17.6. The largest absolute Gasteiger partial charge is 0.452 e. The minimum atomic E-state index is -0.956. The van der Waals surface area contributed by atoms with Gasteiger partial charge in [0.05, 0.1) is 26.8 Å². The molecule has 6 nitrogen and oxygen atoms in total. The maximum atomic E-state index is 13.1. The first-order chi connectivity index (χ1) is 15.1. The van der Waals surface area contributed by atoms with E-state index in [0.717, 1.165) is 37.7 Å². The number of hydrogen-bond donors (Lipinski definition) is 2. The maximum Gasteiger partial charge on any atom is 0.312 e. The Labute approximate surface area is 200 Å². The van der Waals surface area contributed by atoms with Gasteiger partial charge in [-0.05, 0) is 69.4 Å². The number of aromatic nitrogens is 1. The molecule has 4 saturated carbocycles. The minimum absolute atomic E-state index is 0.358. The minimum Gasteiger partial charge on any atom is -0.452 e. The Kier molecular flexibility index (Phi) is 5.52. The van der Waals surface area contributed by atoms with Crippen molar-refractivity contribution in [1.29, 1.82) is 0 Å². The number of esters is 1. The summed E-state index contributed by atoms with van der Waals surface area (Å²) < 4.78 is 5.62. The normalized spacial score (nSPS) is 31.4. The fraction of sp³-hybridized carbons (Fsp3) is 0.522. The third-order valence-corrected chi connectivity index (χ3v) is 8.56. The van der Waals surface area contributed by atoms with Gasteiger partial charge in [-0.25, -0.2) is 4.98 Å². The van der Waals surface area contributed by atoms with Gasteiger partial charge in [-0.15, -0.1) is 11.3 Å². The monoisotopic (exact) mass is 494 g/mol. The number of amides is 1. The lowest BCUT2D eigenvalue weighted by Crippen LogP contribution is -2.59. The van der Waals surface area contributed by atoms with Gasteiger partial charge in [-0.1, -0.05) is 29.3 Å². The van der Waals surface area contributed by atoms with E-state index in [1.165, 1.54) is 11.3 Å². The number of benzene rings is 1. The van der Waals surface area contributed by atoms with Gasteiger partial charge in [0.1, 0.15) is 0 Å². The van der Waals surface area contributed by atoms with Crippen LogP contribution in [0.3, 0.4) is 0 Å². The summed E-state index contributed by atoms with van der Waals surface area (Å²) in [6, 6.07) is 5.21. The first kappa shape index (κ1) is 22.1. The molecule has 1 aromatic carbocycles. The molecule has 170 valence electrons. The first-order valence-corrected chi connectivity index (χ1v) is 12.4. The van der Waals surface area contributed by atoms with Gasteiger partial charge < -0.3 is 9.84 Å². The number of nitrogens with one attached hydrogen (secondary N) is 1. The molecule has 9 heteroatoms. The second kappa shape index (κ2) is 7.97. The molecule has 0 radical (unpaired) electrons. The SMILES string of the molecule is CC(OC(=O)C12CC3CC(CC(O)(C3)C1)C2)C(=O)Nc1nc(-c2ccc(Cl)c(Cl)c2)cs1. The van der Waals surface area contributed by atoms with Crippen LogP contribution < -0.4 is 5.32 Å². The van der Waals surface area contributed by atoms with Crippen LogP contribution in [0.25, 0.3) is 11.3 Å². The van der Waals surface area contributed by atoms with Crippen molar-refractivity contribution in [2.75, 3.05) is 5.32 Å². The molecule has 4 aliphatic rings. The number of carbonyl (C=O) groups excluding carboxylic acids is 2. The molecule has 0 aliphatic heterocycles. The highest BCUT2D eigenvalue weighted by molar-refractivity contribution is 7.14. The van der Waals surface area contributed by atoms with Crippen LogP contribution in [0.2, 0.25) is 10.0 Å². The number of ether oxygens (including phenoxy) is 1. The zero-order chi connectivity index (χ0) is 22.7. The number of hydrogen-bond acceptors (Lipinski definition) is 6. The van der Waals surface area contributed by atoms with Crippen molar-refractivity contribution < 1.29 is 19.4 Å². The fourth-order valence-corrected chi connectivity index (χ4v) is 7.14. The third kappa shape index (κ3) is 4.04. The van der Waals surface area contributed by atoms with Crippen LogP contribution in [0.5, 0.6) is 0 Å². The number of nitrogens with zero attached hydrogens (tertiary/aromatic N) is 1. The molecular formula is C23H24Cl2N2O4S. The molecule has 4 fully saturated rings. The van der Waals surface area contributed by atoms with Crippen molar-refractivity contribution >= 4 is 51.5 Å². The molecule has 2 N–H and O–H groups in total. The molecule has 4 bridgehead atoms. The summed E-state index contributed by atoms with van der Waals surface area (Å²) in [4.78, 5) is 30.2. The lowest BCUT2D eigenvalue weighted by molar-refractivity contribution is -0.199. The van der Waals surface area contributed by atoms with E-state index in [0.29, 0.717) is 39.1 Å². The van der Waals surface area contributed by atoms with Crippen molar-refractivity contribution in [3.8, 4) is 11.3 Å².